The molecule has 0 aliphatic carbocycles. The van der Waals surface area contributed by atoms with Crippen LogP contribution in [-0.4, -0.2) is 41.7 Å². The highest BCUT2D eigenvalue weighted by Crippen LogP contribution is 2.37. The Balaban J connectivity index is 0.000000687. The third kappa shape index (κ3) is 6.94. The Kier molecular flexibility index (Phi) is 7.83. The molecule has 1 aliphatic rings. The Morgan fingerprint density at radius 2 is 1.93 bits per heavy atom. The van der Waals surface area contributed by atoms with Crippen LogP contribution >= 0.6 is 0 Å². The molecule has 0 amide bonds. The number of hydrogen-bond acceptors (Lipinski definition) is 5. The number of rotatable bonds is 4. The summed E-state index contributed by atoms with van der Waals surface area (Å²) < 4.78 is 45.3. The lowest BCUT2D eigenvalue weighted by atomic mass is 10.2. The third-order valence-electron chi connectivity index (χ3n) is 4.16. The summed E-state index contributed by atoms with van der Waals surface area (Å²) in [5, 5.41) is 10.7. The number of carboxylic acids is 1. The number of halogens is 3. The zero-order chi connectivity index (χ0) is 21.4. The number of benzene rings is 1. The van der Waals surface area contributed by atoms with Gasteiger partial charge in [0.25, 0.3) is 5.97 Å². The summed E-state index contributed by atoms with van der Waals surface area (Å²) in [5.74, 6) is -0.704. The van der Waals surface area contributed by atoms with Crippen LogP contribution < -0.4 is 15.0 Å². The van der Waals surface area contributed by atoms with Gasteiger partial charge in [-0.25, -0.2) is 0 Å². The van der Waals surface area contributed by atoms with Gasteiger partial charge < -0.3 is 20.1 Å². The van der Waals surface area contributed by atoms with Crippen LogP contribution in [0.15, 0.2) is 42.5 Å². The van der Waals surface area contributed by atoms with Crippen molar-refractivity contribution in [2.75, 3.05) is 24.5 Å². The summed E-state index contributed by atoms with van der Waals surface area (Å²) >= 11 is 0. The number of piperazine rings is 1. The summed E-state index contributed by atoms with van der Waals surface area (Å²) in [5.41, 5.74) is -0.0617. The van der Waals surface area contributed by atoms with E-state index in [4.69, 9.17) is 14.6 Å². The number of aromatic nitrogens is 1. The molecule has 2 N–H and O–H groups in total. The van der Waals surface area contributed by atoms with E-state index in [0.717, 1.165) is 31.6 Å². The Labute approximate surface area is 167 Å². The van der Waals surface area contributed by atoms with Crippen LogP contribution in [0.4, 0.5) is 19.0 Å². The van der Waals surface area contributed by atoms with E-state index in [-0.39, 0.29) is 18.5 Å². The van der Waals surface area contributed by atoms with Crippen LogP contribution in [0.5, 0.6) is 5.88 Å². The first-order chi connectivity index (χ1) is 13.7. The van der Waals surface area contributed by atoms with Crippen molar-refractivity contribution in [2.24, 2.45) is 0 Å². The average molecular weight is 411 g/mol. The Morgan fingerprint density at radius 3 is 2.52 bits per heavy atom. The highest BCUT2D eigenvalue weighted by molar-refractivity contribution is 5.62. The number of ether oxygens (including phenoxy) is 1. The predicted molar refractivity (Wildman–Crippen MR) is 103 cm³/mol. The Hall–Kier alpha value is -2.81. The van der Waals surface area contributed by atoms with Crippen molar-refractivity contribution in [2.45, 2.75) is 32.7 Å². The highest BCUT2D eigenvalue weighted by atomic mass is 19.4. The lowest BCUT2D eigenvalue weighted by Crippen LogP contribution is -2.50. The van der Waals surface area contributed by atoms with Crippen molar-refractivity contribution >= 4 is 11.8 Å². The van der Waals surface area contributed by atoms with Gasteiger partial charge in [-0.2, -0.15) is 18.2 Å². The Morgan fingerprint density at radius 1 is 1.28 bits per heavy atom. The molecule has 9 heteroatoms. The van der Waals surface area contributed by atoms with Crippen LogP contribution in [0, 0.1) is 0 Å². The minimum Gasteiger partial charge on any atom is -0.481 e. The molecule has 0 unspecified atom stereocenters. The molecule has 158 valence electrons. The van der Waals surface area contributed by atoms with E-state index >= 15 is 0 Å². The summed E-state index contributed by atoms with van der Waals surface area (Å²) in [6, 6.07) is 11.7. The predicted octanol–water partition coefficient (Wildman–Crippen LogP) is 3.57. The fourth-order valence-electron chi connectivity index (χ4n) is 2.82. The molecule has 1 atom stereocenters. The number of alkyl halides is 3. The molecule has 1 aliphatic heterocycles. The molecular formula is C20H24F3N3O3. The van der Waals surface area contributed by atoms with Gasteiger partial charge in [0.1, 0.15) is 18.0 Å². The van der Waals surface area contributed by atoms with Gasteiger partial charge in [-0.1, -0.05) is 30.3 Å². The van der Waals surface area contributed by atoms with Gasteiger partial charge in [0, 0.05) is 32.6 Å². The molecule has 0 saturated carbocycles. The van der Waals surface area contributed by atoms with Crippen LogP contribution in [0.25, 0.3) is 0 Å². The lowest BCUT2D eigenvalue weighted by Gasteiger charge is -2.35. The van der Waals surface area contributed by atoms with Crippen LogP contribution in [-0.2, 0) is 17.6 Å². The van der Waals surface area contributed by atoms with Crippen molar-refractivity contribution < 1.29 is 27.8 Å². The molecule has 1 aromatic heterocycles. The minimum atomic E-state index is -4.51. The number of anilines is 1. The van der Waals surface area contributed by atoms with Crippen LogP contribution in [0.3, 0.4) is 0 Å². The molecule has 2 heterocycles. The second-order valence-corrected chi connectivity index (χ2v) is 6.56. The standard InChI is InChI=1S/C18H20F3N3O.C2H4O2/c1-13-11-22-9-10-24(13)16-8-7-15(18(19,20)21)17(23-16)25-12-14-5-3-2-4-6-14;1-2(3)4/h2-8,13,22H,9-12H2,1H3;1H3,(H,3,4)/t13-;/m1./s1. The fourth-order valence-corrected chi connectivity index (χ4v) is 2.82. The monoisotopic (exact) mass is 411 g/mol. The van der Waals surface area contributed by atoms with Gasteiger partial charge in [-0.3, -0.25) is 4.79 Å². The van der Waals surface area contributed by atoms with Gasteiger partial charge in [-0.05, 0) is 24.6 Å². The molecular weight excluding hydrogens is 387 g/mol. The zero-order valence-electron chi connectivity index (χ0n) is 16.2. The SMILES string of the molecule is CC(=O)O.C[C@@H]1CNCCN1c1ccc(C(F)(F)F)c(OCc2ccccc2)n1. The second kappa shape index (κ2) is 10.1. The Bertz CT molecular complexity index is 797. The van der Waals surface area contributed by atoms with Crippen molar-refractivity contribution in [3.05, 3.63) is 53.6 Å². The number of hydrogen-bond donors (Lipinski definition) is 2. The van der Waals surface area contributed by atoms with Crippen LogP contribution in [0.1, 0.15) is 25.0 Å². The van der Waals surface area contributed by atoms with E-state index in [1.165, 1.54) is 6.07 Å². The first kappa shape index (κ1) is 22.5. The summed E-state index contributed by atoms with van der Waals surface area (Å²) in [7, 11) is 0. The molecule has 6 nitrogen and oxygen atoms in total. The van der Waals surface area contributed by atoms with E-state index in [1.807, 2.05) is 30.0 Å². The van der Waals surface area contributed by atoms with Crippen molar-refractivity contribution in [3.63, 3.8) is 0 Å². The topological polar surface area (TPSA) is 74.7 Å². The first-order valence-electron chi connectivity index (χ1n) is 9.10. The van der Waals surface area contributed by atoms with E-state index in [1.54, 1.807) is 12.1 Å². The summed E-state index contributed by atoms with van der Waals surface area (Å²) in [6.45, 7) is 5.36. The minimum absolute atomic E-state index is 0.0392. The number of nitrogens with zero attached hydrogens (tertiary/aromatic N) is 2. The average Bonchev–Trinajstić information content (AvgIpc) is 2.66. The molecule has 1 fully saturated rings. The summed E-state index contributed by atoms with van der Waals surface area (Å²) in [4.78, 5) is 15.2. The van der Waals surface area contributed by atoms with E-state index in [0.29, 0.717) is 12.4 Å². The van der Waals surface area contributed by atoms with E-state index < -0.39 is 17.7 Å². The molecule has 0 bridgehead atoms. The molecule has 2 aromatic rings. The van der Waals surface area contributed by atoms with Gasteiger partial charge in [0.15, 0.2) is 0 Å². The molecule has 1 saturated heterocycles. The van der Waals surface area contributed by atoms with Gasteiger partial charge in [0.2, 0.25) is 5.88 Å². The molecule has 3 rings (SSSR count). The van der Waals surface area contributed by atoms with Gasteiger partial charge in [-0.15, -0.1) is 0 Å². The number of nitrogens with one attached hydrogen (secondary N) is 1. The van der Waals surface area contributed by atoms with E-state index in [9.17, 15) is 13.2 Å². The maximum atomic E-state index is 13.3. The number of aliphatic carboxylic acids is 1. The fraction of sp³-hybridized carbons (Fsp3) is 0.400. The third-order valence-corrected chi connectivity index (χ3v) is 4.16. The normalized spacial score (nSPS) is 16.6. The highest BCUT2D eigenvalue weighted by Gasteiger charge is 2.36. The van der Waals surface area contributed by atoms with Crippen molar-refractivity contribution in [1.82, 2.24) is 10.3 Å². The summed E-state index contributed by atoms with van der Waals surface area (Å²) in [6.07, 6.45) is -4.51. The largest absolute Gasteiger partial charge is 0.481 e. The maximum absolute atomic E-state index is 13.3. The van der Waals surface area contributed by atoms with Gasteiger partial charge >= 0.3 is 6.18 Å². The maximum Gasteiger partial charge on any atom is 0.421 e. The van der Waals surface area contributed by atoms with Crippen LogP contribution in [0.2, 0.25) is 0 Å². The quantitative estimate of drug-likeness (QED) is 0.801. The van der Waals surface area contributed by atoms with Gasteiger partial charge in [0.05, 0.1) is 0 Å². The zero-order valence-corrected chi connectivity index (χ0v) is 16.2. The van der Waals surface area contributed by atoms with Crippen molar-refractivity contribution in [1.29, 1.82) is 0 Å². The first-order valence-corrected chi connectivity index (χ1v) is 9.10. The number of carboxylic acid groups (broad SMARTS) is 1. The molecule has 29 heavy (non-hydrogen) atoms. The number of carbonyl (C=O) groups is 1. The number of pyridine rings is 1. The molecule has 1 aromatic carbocycles. The van der Waals surface area contributed by atoms with Crippen molar-refractivity contribution in [3.8, 4) is 5.88 Å². The smallest absolute Gasteiger partial charge is 0.421 e. The second-order valence-electron chi connectivity index (χ2n) is 6.56. The lowest BCUT2D eigenvalue weighted by molar-refractivity contribution is -0.139. The molecule has 0 radical (unpaired) electrons. The van der Waals surface area contributed by atoms with E-state index in [2.05, 4.69) is 10.3 Å². The molecule has 0 spiro atoms.